The molecule has 11 heteroatoms. The molecule has 6 rings (SSSR count). The molecule has 1 fully saturated rings. The van der Waals surface area contributed by atoms with Gasteiger partial charge in [0, 0.05) is 28.9 Å². The lowest BCUT2D eigenvalue weighted by Gasteiger charge is -2.19. The van der Waals surface area contributed by atoms with E-state index in [9.17, 15) is 13.2 Å². The third-order valence-corrected chi connectivity index (χ3v) is 9.31. The van der Waals surface area contributed by atoms with Crippen molar-refractivity contribution in [3.63, 3.8) is 0 Å². The minimum atomic E-state index is -3.96. The minimum Gasteiger partial charge on any atom is -0.493 e. The summed E-state index contributed by atoms with van der Waals surface area (Å²) >= 11 is 12.7. The summed E-state index contributed by atoms with van der Waals surface area (Å²) < 4.78 is 36.1. The van der Waals surface area contributed by atoms with Crippen molar-refractivity contribution >= 4 is 45.0 Å². The monoisotopic (exact) mass is 674 g/mol. The lowest BCUT2D eigenvalue weighted by atomic mass is 9.98. The molecule has 1 N–H and O–H groups in total. The molecule has 0 radical (unpaired) electrons. The molecule has 4 aromatic carbocycles. The van der Waals surface area contributed by atoms with E-state index >= 15 is 0 Å². The van der Waals surface area contributed by atoms with Crippen LogP contribution in [0.25, 0.3) is 28.1 Å². The summed E-state index contributed by atoms with van der Waals surface area (Å²) in [7, 11) is -3.96. The van der Waals surface area contributed by atoms with Gasteiger partial charge in [-0.15, -0.1) is 0 Å². The summed E-state index contributed by atoms with van der Waals surface area (Å²) in [5.41, 5.74) is 5.59. The quantitative estimate of drug-likeness (QED) is 0.182. The highest BCUT2D eigenvalue weighted by atomic mass is 35.5. The average Bonchev–Trinajstić information content (AvgIpc) is 3.54. The second-order valence-electron chi connectivity index (χ2n) is 12.3. The van der Waals surface area contributed by atoms with Gasteiger partial charge in [0.05, 0.1) is 23.0 Å². The van der Waals surface area contributed by atoms with Crippen LogP contribution in [0, 0.1) is 5.41 Å². The Kier molecular flexibility index (Phi) is 8.58. The highest BCUT2D eigenvalue weighted by Crippen LogP contribution is 2.33. The maximum Gasteiger partial charge on any atom is 0.326 e. The Morgan fingerprint density at radius 1 is 0.891 bits per heavy atom. The lowest BCUT2D eigenvalue weighted by Crippen LogP contribution is -2.29. The molecule has 8 nitrogen and oxygen atoms in total. The number of anilines is 1. The lowest BCUT2D eigenvalue weighted by molar-refractivity contribution is -0.117. The molecule has 0 aliphatic carbocycles. The van der Waals surface area contributed by atoms with Gasteiger partial charge in [-0.25, -0.2) is 14.0 Å². The Hall–Kier alpha value is -4.31. The van der Waals surface area contributed by atoms with Gasteiger partial charge in [-0.05, 0) is 70.6 Å². The van der Waals surface area contributed by atoms with E-state index in [2.05, 4.69) is 51.1 Å². The average molecular weight is 676 g/mol. The van der Waals surface area contributed by atoms with E-state index in [1.54, 1.807) is 30.3 Å². The second-order valence-corrected chi connectivity index (χ2v) is 14.8. The SMILES string of the molecule is CC(C)(C)COc1cccc(-c2ccc(Cc3nc(-c4ccc(Cl)cc4Cl)cn3-c3cccc(N4CC(=O)NS4(=O)=O)c3)cc2)c1. The second kappa shape index (κ2) is 12.5. The third kappa shape index (κ3) is 7.07. The number of amides is 1. The molecule has 0 spiro atoms. The van der Waals surface area contributed by atoms with Crippen LogP contribution in [-0.4, -0.2) is 37.0 Å². The number of carbonyl (C=O) groups is 1. The van der Waals surface area contributed by atoms with Gasteiger partial charge in [-0.2, -0.15) is 8.42 Å². The Balaban J connectivity index is 1.33. The zero-order valence-electron chi connectivity index (χ0n) is 25.5. The van der Waals surface area contributed by atoms with Gasteiger partial charge in [0.25, 0.3) is 5.91 Å². The van der Waals surface area contributed by atoms with E-state index in [1.165, 1.54) is 0 Å². The zero-order valence-corrected chi connectivity index (χ0v) is 27.8. The van der Waals surface area contributed by atoms with Gasteiger partial charge in [-0.3, -0.25) is 4.79 Å². The van der Waals surface area contributed by atoms with Crippen molar-refractivity contribution in [2.75, 3.05) is 17.5 Å². The predicted molar refractivity (Wildman–Crippen MR) is 183 cm³/mol. The van der Waals surface area contributed by atoms with Crippen LogP contribution < -0.4 is 13.8 Å². The fraction of sp³-hybridized carbons (Fsp3) is 0.200. The van der Waals surface area contributed by atoms with Crippen LogP contribution in [0.3, 0.4) is 0 Å². The number of ether oxygens (including phenoxy) is 1. The molecular formula is C35H32Cl2N4O4S. The van der Waals surface area contributed by atoms with Crippen molar-refractivity contribution in [1.29, 1.82) is 0 Å². The number of nitrogens with one attached hydrogen (secondary N) is 1. The first-order chi connectivity index (χ1) is 21.8. The van der Waals surface area contributed by atoms with E-state index in [4.69, 9.17) is 32.9 Å². The summed E-state index contributed by atoms with van der Waals surface area (Å²) in [6.07, 6.45) is 2.34. The molecule has 1 aliphatic rings. The molecule has 236 valence electrons. The van der Waals surface area contributed by atoms with E-state index in [1.807, 2.05) is 45.8 Å². The third-order valence-electron chi connectivity index (χ3n) is 7.36. The maximum absolute atomic E-state index is 12.5. The number of halogens is 2. The topological polar surface area (TPSA) is 93.5 Å². The minimum absolute atomic E-state index is 0.0611. The molecule has 0 unspecified atom stereocenters. The van der Waals surface area contributed by atoms with Crippen molar-refractivity contribution in [3.8, 4) is 33.8 Å². The van der Waals surface area contributed by atoms with Crippen molar-refractivity contribution in [2.24, 2.45) is 5.41 Å². The molecule has 1 saturated heterocycles. The number of nitrogens with zero attached hydrogens (tertiary/aromatic N) is 3. The molecule has 1 amide bonds. The van der Waals surface area contributed by atoms with Crippen molar-refractivity contribution < 1.29 is 17.9 Å². The Morgan fingerprint density at radius 2 is 1.63 bits per heavy atom. The zero-order chi connectivity index (χ0) is 32.6. The van der Waals surface area contributed by atoms with E-state index < -0.39 is 16.1 Å². The molecule has 0 saturated carbocycles. The smallest absolute Gasteiger partial charge is 0.326 e. The summed E-state index contributed by atoms with van der Waals surface area (Å²) in [6.45, 7) is 6.76. The molecule has 5 aromatic rings. The summed E-state index contributed by atoms with van der Waals surface area (Å²) in [6, 6.07) is 28.6. The standard InChI is InChI=1S/C35H32Cl2N4O4S/c1-35(2,3)22-45-29-9-4-6-25(17-29)24-12-10-23(11-13-24)16-33-38-32(30-15-14-26(36)18-31(30)37)20-40(33)27-7-5-8-28(19-27)41-21-34(42)39-46(41,43)44/h4-15,17-20H,16,21-22H2,1-3H3,(H,39,42). The number of imidazole rings is 1. The Labute approximate surface area is 278 Å². The highest BCUT2D eigenvalue weighted by molar-refractivity contribution is 7.92. The fourth-order valence-electron chi connectivity index (χ4n) is 5.13. The van der Waals surface area contributed by atoms with Crippen LogP contribution >= 0.6 is 23.2 Å². The summed E-state index contributed by atoms with van der Waals surface area (Å²) in [5.74, 6) is 0.957. The molecule has 0 bridgehead atoms. The molecule has 1 aliphatic heterocycles. The van der Waals surface area contributed by atoms with Crippen molar-refractivity contribution in [3.05, 3.63) is 119 Å². The largest absolute Gasteiger partial charge is 0.493 e. The van der Waals surface area contributed by atoms with Gasteiger partial charge >= 0.3 is 10.2 Å². The number of benzene rings is 4. The van der Waals surface area contributed by atoms with Crippen molar-refractivity contribution in [1.82, 2.24) is 14.3 Å². The number of carbonyl (C=O) groups excluding carboxylic acids is 1. The molecule has 46 heavy (non-hydrogen) atoms. The van der Waals surface area contributed by atoms with E-state index in [0.29, 0.717) is 51.5 Å². The highest BCUT2D eigenvalue weighted by Gasteiger charge is 2.34. The molecular weight excluding hydrogens is 643 g/mol. The first kappa shape index (κ1) is 31.7. The number of hydrogen-bond donors (Lipinski definition) is 1. The van der Waals surface area contributed by atoms with Gasteiger partial charge < -0.3 is 9.30 Å². The Morgan fingerprint density at radius 3 is 2.33 bits per heavy atom. The maximum atomic E-state index is 12.5. The van der Waals surface area contributed by atoms with Gasteiger partial charge in [0.2, 0.25) is 0 Å². The number of hydrogen-bond acceptors (Lipinski definition) is 5. The van der Waals surface area contributed by atoms with Gasteiger partial charge in [0.1, 0.15) is 18.1 Å². The molecule has 1 aromatic heterocycles. The summed E-state index contributed by atoms with van der Waals surface area (Å²) in [5, 5.41) is 0.978. The number of rotatable bonds is 8. The van der Waals surface area contributed by atoms with E-state index in [-0.39, 0.29) is 12.0 Å². The van der Waals surface area contributed by atoms with Gasteiger partial charge in [0.15, 0.2) is 0 Å². The first-order valence-electron chi connectivity index (χ1n) is 14.6. The van der Waals surface area contributed by atoms with Crippen LogP contribution in [0.5, 0.6) is 5.75 Å². The molecule has 0 atom stereocenters. The predicted octanol–water partition coefficient (Wildman–Crippen LogP) is 7.71. The van der Waals surface area contributed by atoms with Crippen LogP contribution in [0.2, 0.25) is 10.0 Å². The van der Waals surface area contributed by atoms with Crippen LogP contribution in [-0.2, 0) is 21.4 Å². The number of aromatic nitrogens is 2. The van der Waals surface area contributed by atoms with Crippen molar-refractivity contribution in [2.45, 2.75) is 27.2 Å². The molecule has 2 heterocycles. The fourth-order valence-corrected chi connectivity index (χ4v) is 6.78. The van der Waals surface area contributed by atoms with E-state index in [0.717, 1.165) is 26.7 Å². The van der Waals surface area contributed by atoms with Crippen LogP contribution in [0.4, 0.5) is 5.69 Å². The first-order valence-corrected chi connectivity index (χ1v) is 16.8. The normalized spacial score (nSPS) is 14.4. The Bertz CT molecular complexity index is 2040. The van der Waals surface area contributed by atoms with Crippen LogP contribution in [0.15, 0.2) is 97.2 Å². The summed E-state index contributed by atoms with van der Waals surface area (Å²) in [4.78, 5) is 16.9. The van der Waals surface area contributed by atoms with Crippen LogP contribution in [0.1, 0.15) is 32.2 Å². The van der Waals surface area contributed by atoms with Gasteiger partial charge in [-0.1, -0.05) is 86.4 Å².